The molecule has 0 aliphatic carbocycles. The number of ether oxygens (including phenoxy) is 2. The molecule has 126 valence electrons. The van der Waals surface area contributed by atoms with Crippen LogP contribution in [0.3, 0.4) is 0 Å². The Morgan fingerprint density at radius 2 is 1.96 bits per heavy atom. The molecule has 1 saturated heterocycles. The van der Waals surface area contributed by atoms with Gasteiger partial charge in [0.25, 0.3) is 0 Å². The molecule has 0 bridgehead atoms. The highest BCUT2D eigenvalue weighted by molar-refractivity contribution is 5.88. The lowest BCUT2D eigenvalue weighted by molar-refractivity contribution is -0.116. The van der Waals surface area contributed by atoms with Gasteiger partial charge in [0.1, 0.15) is 5.75 Å². The van der Waals surface area contributed by atoms with E-state index in [0.717, 1.165) is 37.6 Å². The number of hydrogen-bond acceptors (Lipinski definition) is 4. The van der Waals surface area contributed by atoms with Gasteiger partial charge >= 0.3 is 0 Å². The lowest BCUT2D eigenvalue weighted by Crippen LogP contribution is -2.43. The van der Waals surface area contributed by atoms with Crippen molar-refractivity contribution in [3.05, 3.63) is 41.5 Å². The van der Waals surface area contributed by atoms with Crippen LogP contribution < -0.4 is 10.1 Å². The smallest absolute Gasteiger partial charge is 0.243 e. The molecule has 1 aliphatic rings. The Balaban J connectivity index is 2.10. The molecule has 0 radical (unpaired) electrons. The van der Waals surface area contributed by atoms with Crippen LogP contribution in [0.15, 0.2) is 35.9 Å². The van der Waals surface area contributed by atoms with Crippen molar-refractivity contribution in [2.24, 2.45) is 0 Å². The Morgan fingerprint density at radius 3 is 2.52 bits per heavy atom. The van der Waals surface area contributed by atoms with Crippen molar-refractivity contribution in [2.45, 2.75) is 19.9 Å². The maximum atomic E-state index is 11.9. The van der Waals surface area contributed by atoms with Gasteiger partial charge in [0.15, 0.2) is 0 Å². The van der Waals surface area contributed by atoms with Crippen molar-refractivity contribution in [3.63, 3.8) is 0 Å². The summed E-state index contributed by atoms with van der Waals surface area (Å²) in [6, 6.07) is 8.18. The average Bonchev–Trinajstić information content (AvgIpc) is 2.56. The number of nitrogens with one attached hydrogen (secondary N) is 1. The van der Waals surface area contributed by atoms with Crippen LogP contribution in [-0.4, -0.2) is 50.8 Å². The molecule has 1 heterocycles. The zero-order chi connectivity index (χ0) is 16.7. The first-order valence-electron chi connectivity index (χ1n) is 7.98. The quantitative estimate of drug-likeness (QED) is 0.817. The Kier molecular flexibility index (Phi) is 6.62. The summed E-state index contributed by atoms with van der Waals surface area (Å²) in [5.74, 6) is 0.792. The van der Waals surface area contributed by atoms with E-state index in [4.69, 9.17) is 9.47 Å². The highest BCUT2D eigenvalue weighted by Crippen LogP contribution is 2.23. The van der Waals surface area contributed by atoms with E-state index in [1.807, 2.05) is 26.0 Å². The molecule has 23 heavy (non-hydrogen) atoms. The van der Waals surface area contributed by atoms with Crippen molar-refractivity contribution < 1.29 is 14.3 Å². The highest BCUT2D eigenvalue weighted by atomic mass is 16.5. The van der Waals surface area contributed by atoms with E-state index in [0.29, 0.717) is 6.54 Å². The van der Waals surface area contributed by atoms with Gasteiger partial charge in [-0.2, -0.15) is 0 Å². The second kappa shape index (κ2) is 8.70. The van der Waals surface area contributed by atoms with Gasteiger partial charge in [0.2, 0.25) is 5.91 Å². The van der Waals surface area contributed by atoms with Gasteiger partial charge in [-0.15, -0.1) is 0 Å². The summed E-state index contributed by atoms with van der Waals surface area (Å²) in [6.07, 6.45) is 1.63. The van der Waals surface area contributed by atoms with Gasteiger partial charge in [-0.05, 0) is 31.5 Å². The van der Waals surface area contributed by atoms with Crippen LogP contribution in [-0.2, 0) is 9.53 Å². The van der Waals surface area contributed by atoms with E-state index in [2.05, 4.69) is 22.3 Å². The first-order chi connectivity index (χ1) is 11.1. The summed E-state index contributed by atoms with van der Waals surface area (Å²) in [5, 5.41) is 3.01. The van der Waals surface area contributed by atoms with Gasteiger partial charge in [-0.25, -0.2) is 0 Å². The van der Waals surface area contributed by atoms with Crippen LogP contribution in [0.2, 0.25) is 0 Å². The predicted molar refractivity (Wildman–Crippen MR) is 90.6 cm³/mol. The molecule has 0 aromatic heterocycles. The molecule has 1 aliphatic heterocycles. The van der Waals surface area contributed by atoms with E-state index >= 15 is 0 Å². The first kappa shape index (κ1) is 17.5. The third kappa shape index (κ3) is 5.37. The van der Waals surface area contributed by atoms with Crippen LogP contribution in [0.25, 0.3) is 0 Å². The van der Waals surface area contributed by atoms with Crippen molar-refractivity contribution in [1.29, 1.82) is 0 Å². The molecule has 2 rings (SSSR count). The minimum atomic E-state index is -0.0447. The molecule has 1 fully saturated rings. The molecule has 1 atom stereocenters. The fourth-order valence-electron chi connectivity index (χ4n) is 2.68. The molecular formula is C18H26N2O3. The summed E-state index contributed by atoms with van der Waals surface area (Å²) < 4.78 is 10.7. The van der Waals surface area contributed by atoms with Crippen molar-refractivity contribution in [2.75, 3.05) is 40.0 Å². The third-order valence-corrected chi connectivity index (χ3v) is 3.88. The Bertz CT molecular complexity index is 530. The molecule has 5 heteroatoms. The number of methoxy groups -OCH3 is 1. The minimum Gasteiger partial charge on any atom is -0.497 e. The number of rotatable bonds is 6. The topological polar surface area (TPSA) is 50.8 Å². The number of nitrogens with zero attached hydrogens (tertiary/aromatic N) is 1. The molecule has 5 nitrogen and oxygen atoms in total. The maximum absolute atomic E-state index is 11.9. The molecule has 1 unspecified atom stereocenters. The standard InChI is InChI=1S/C18H26N2O3/c1-14(2)12-18(21)19-13-17(20-8-10-23-11-9-20)15-4-6-16(22-3)7-5-15/h4-7,12,17H,8-11,13H2,1-3H3,(H,19,21). The average molecular weight is 318 g/mol. The second-order valence-electron chi connectivity index (χ2n) is 5.90. The SMILES string of the molecule is COc1ccc(C(CNC(=O)C=C(C)C)N2CCOCC2)cc1. The van der Waals surface area contributed by atoms with E-state index < -0.39 is 0 Å². The van der Waals surface area contributed by atoms with Crippen LogP contribution in [0.4, 0.5) is 0 Å². The number of morpholine rings is 1. The lowest BCUT2D eigenvalue weighted by Gasteiger charge is -2.35. The van der Waals surface area contributed by atoms with E-state index in [1.165, 1.54) is 5.56 Å². The Labute approximate surface area is 138 Å². The largest absolute Gasteiger partial charge is 0.497 e. The normalized spacial score (nSPS) is 16.5. The molecule has 1 amide bonds. The molecule has 1 N–H and O–H groups in total. The first-order valence-corrected chi connectivity index (χ1v) is 7.98. The number of benzene rings is 1. The van der Waals surface area contributed by atoms with Crippen LogP contribution in [0.5, 0.6) is 5.75 Å². The Hall–Kier alpha value is -1.85. The van der Waals surface area contributed by atoms with Gasteiger partial charge in [-0.3, -0.25) is 9.69 Å². The summed E-state index contributed by atoms with van der Waals surface area (Å²) in [6.45, 7) is 7.62. The fourth-order valence-corrected chi connectivity index (χ4v) is 2.68. The minimum absolute atomic E-state index is 0.0447. The molecule has 0 spiro atoms. The summed E-state index contributed by atoms with van der Waals surface area (Å²) in [5.41, 5.74) is 2.17. The number of carbonyl (C=O) groups is 1. The number of carbonyl (C=O) groups excluding carboxylic acids is 1. The molecule has 1 aromatic carbocycles. The van der Waals surface area contributed by atoms with Gasteiger partial charge in [0.05, 0.1) is 26.4 Å². The van der Waals surface area contributed by atoms with E-state index in [9.17, 15) is 4.79 Å². The van der Waals surface area contributed by atoms with E-state index in [1.54, 1.807) is 13.2 Å². The molecule has 1 aromatic rings. The second-order valence-corrected chi connectivity index (χ2v) is 5.90. The molecule has 0 saturated carbocycles. The molecular weight excluding hydrogens is 292 g/mol. The predicted octanol–water partition coefficient (Wildman–Crippen LogP) is 2.15. The summed E-state index contributed by atoms with van der Waals surface area (Å²) in [7, 11) is 1.66. The summed E-state index contributed by atoms with van der Waals surface area (Å²) in [4.78, 5) is 14.3. The number of amides is 1. The monoisotopic (exact) mass is 318 g/mol. The fraction of sp³-hybridized carbons (Fsp3) is 0.500. The van der Waals surface area contributed by atoms with Crippen molar-refractivity contribution in [3.8, 4) is 5.75 Å². The van der Waals surface area contributed by atoms with Crippen LogP contribution >= 0.6 is 0 Å². The number of hydrogen-bond donors (Lipinski definition) is 1. The zero-order valence-corrected chi connectivity index (χ0v) is 14.2. The van der Waals surface area contributed by atoms with Gasteiger partial charge < -0.3 is 14.8 Å². The lowest BCUT2D eigenvalue weighted by atomic mass is 10.0. The third-order valence-electron chi connectivity index (χ3n) is 3.88. The number of allylic oxidation sites excluding steroid dienone is 1. The van der Waals surface area contributed by atoms with Crippen LogP contribution in [0.1, 0.15) is 25.5 Å². The van der Waals surface area contributed by atoms with Gasteiger partial charge in [-0.1, -0.05) is 17.7 Å². The summed E-state index contributed by atoms with van der Waals surface area (Å²) >= 11 is 0. The van der Waals surface area contributed by atoms with Crippen LogP contribution in [0, 0.1) is 0 Å². The van der Waals surface area contributed by atoms with Crippen molar-refractivity contribution >= 4 is 5.91 Å². The zero-order valence-electron chi connectivity index (χ0n) is 14.2. The highest BCUT2D eigenvalue weighted by Gasteiger charge is 2.23. The maximum Gasteiger partial charge on any atom is 0.243 e. The Morgan fingerprint density at radius 1 is 1.30 bits per heavy atom. The van der Waals surface area contributed by atoms with Crippen molar-refractivity contribution in [1.82, 2.24) is 10.2 Å². The van der Waals surface area contributed by atoms with Gasteiger partial charge in [0, 0.05) is 25.7 Å². The van der Waals surface area contributed by atoms with E-state index in [-0.39, 0.29) is 11.9 Å².